The summed E-state index contributed by atoms with van der Waals surface area (Å²) in [4.78, 5) is 6.64. The molecule has 94 valence electrons. The molecule has 0 amide bonds. The van der Waals surface area contributed by atoms with Crippen molar-refractivity contribution in [3.05, 3.63) is 29.0 Å². The zero-order valence-electron chi connectivity index (χ0n) is 10.9. The summed E-state index contributed by atoms with van der Waals surface area (Å²) in [5.41, 5.74) is 1.68. The number of aromatic nitrogens is 1. The van der Waals surface area contributed by atoms with Gasteiger partial charge in [0, 0.05) is 19.3 Å². The SMILES string of the molecule is CC(C)(C)C1CCN(Cc2ccc(Cl)nc2)C1. The van der Waals surface area contributed by atoms with Gasteiger partial charge < -0.3 is 0 Å². The Morgan fingerprint density at radius 2 is 2.18 bits per heavy atom. The minimum atomic E-state index is 0.424. The Kier molecular flexibility index (Phi) is 3.74. The summed E-state index contributed by atoms with van der Waals surface area (Å²) in [6, 6.07) is 3.94. The highest BCUT2D eigenvalue weighted by atomic mass is 35.5. The van der Waals surface area contributed by atoms with Crippen LogP contribution in [0.4, 0.5) is 0 Å². The molecule has 1 aliphatic heterocycles. The van der Waals surface area contributed by atoms with E-state index >= 15 is 0 Å². The lowest BCUT2D eigenvalue weighted by molar-refractivity contribution is 0.226. The predicted molar refractivity (Wildman–Crippen MR) is 72.1 cm³/mol. The minimum absolute atomic E-state index is 0.424. The van der Waals surface area contributed by atoms with Gasteiger partial charge in [-0.2, -0.15) is 0 Å². The van der Waals surface area contributed by atoms with Crippen LogP contribution in [0.15, 0.2) is 18.3 Å². The quantitative estimate of drug-likeness (QED) is 0.748. The Balaban J connectivity index is 1.92. The summed E-state index contributed by atoms with van der Waals surface area (Å²) >= 11 is 5.79. The second-order valence-corrected chi connectivity index (χ2v) is 6.46. The molecule has 2 rings (SSSR count). The van der Waals surface area contributed by atoms with Gasteiger partial charge in [-0.1, -0.05) is 38.4 Å². The second-order valence-electron chi connectivity index (χ2n) is 6.08. The molecular formula is C14H21ClN2. The van der Waals surface area contributed by atoms with Crippen molar-refractivity contribution in [3.8, 4) is 0 Å². The van der Waals surface area contributed by atoms with E-state index in [0.29, 0.717) is 10.6 Å². The number of hydrogen-bond donors (Lipinski definition) is 0. The molecule has 2 nitrogen and oxygen atoms in total. The topological polar surface area (TPSA) is 16.1 Å². The van der Waals surface area contributed by atoms with Crippen molar-refractivity contribution in [1.82, 2.24) is 9.88 Å². The molecule has 0 aromatic carbocycles. The van der Waals surface area contributed by atoms with Gasteiger partial charge in [-0.3, -0.25) is 4.90 Å². The highest BCUT2D eigenvalue weighted by molar-refractivity contribution is 6.29. The molecule has 0 saturated carbocycles. The van der Waals surface area contributed by atoms with Gasteiger partial charge in [-0.15, -0.1) is 0 Å². The predicted octanol–water partition coefficient (Wildman–Crippen LogP) is 3.60. The van der Waals surface area contributed by atoms with E-state index in [1.165, 1.54) is 25.1 Å². The van der Waals surface area contributed by atoms with E-state index in [-0.39, 0.29) is 0 Å². The van der Waals surface area contributed by atoms with E-state index in [2.05, 4.69) is 36.7 Å². The molecular weight excluding hydrogens is 232 g/mol. The largest absolute Gasteiger partial charge is 0.299 e. The normalized spacial score (nSPS) is 22.0. The third kappa shape index (κ3) is 3.43. The molecule has 0 radical (unpaired) electrons. The standard InChI is InChI=1S/C14H21ClN2/c1-14(2,3)12-6-7-17(10-12)9-11-4-5-13(15)16-8-11/h4-5,8,12H,6-7,9-10H2,1-3H3. The maximum atomic E-state index is 5.79. The molecule has 0 bridgehead atoms. The lowest BCUT2D eigenvalue weighted by atomic mass is 9.80. The first-order chi connectivity index (χ1) is 7.95. The molecule has 17 heavy (non-hydrogen) atoms. The third-order valence-corrected chi connectivity index (χ3v) is 3.92. The van der Waals surface area contributed by atoms with E-state index < -0.39 is 0 Å². The van der Waals surface area contributed by atoms with Crippen LogP contribution in [-0.2, 0) is 6.54 Å². The summed E-state index contributed by atoms with van der Waals surface area (Å²) in [5.74, 6) is 0.808. The van der Waals surface area contributed by atoms with Gasteiger partial charge in [0.05, 0.1) is 0 Å². The summed E-state index contributed by atoms with van der Waals surface area (Å²) in [6.45, 7) is 10.4. The Labute approximate surface area is 109 Å². The number of nitrogens with zero attached hydrogens (tertiary/aromatic N) is 2. The van der Waals surface area contributed by atoms with Gasteiger partial charge in [-0.05, 0) is 35.9 Å². The van der Waals surface area contributed by atoms with Gasteiger partial charge in [0.1, 0.15) is 5.15 Å². The Bertz CT molecular complexity index is 367. The summed E-state index contributed by atoms with van der Waals surface area (Å²) in [7, 11) is 0. The third-order valence-electron chi connectivity index (χ3n) is 3.69. The molecule has 1 atom stereocenters. The van der Waals surface area contributed by atoms with Crippen LogP contribution in [0.2, 0.25) is 5.15 Å². The van der Waals surface area contributed by atoms with Crippen molar-refractivity contribution < 1.29 is 0 Å². The smallest absolute Gasteiger partial charge is 0.129 e. The zero-order chi connectivity index (χ0) is 12.5. The summed E-state index contributed by atoms with van der Waals surface area (Å²) in [6.07, 6.45) is 3.19. The number of rotatable bonds is 2. The first kappa shape index (κ1) is 12.8. The Hall–Kier alpha value is -0.600. The molecule has 1 aromatic rings. The lowest BCUT2D eigenvalue weighted by Crippen LogP contribution is -2.25. The molecule has 1 unspecified atom stereocenters. The molecule has 0 spiro atoms. The second kappa shape index (κ2) is 4.95. The highest BCUT2D eigenvalue weighted by Crippen LogP contribution is 2.33. The maximum absolute atomic E-state index is 5.79. The van der Waals surface area contributed by atoms with Crippen LogP contribution in [-0.4, -0.2) is 23.0 Å². The minimum Gasteiger partial charge on any atom is -0.299 e. The summed E-state index contributed by atoms with van der Waals surface area (Å²) in [5, 5.41) is 0.572. The van der Waals surface area contributed by atoms with Crippen LogP contribution in [0.25, 0.3) is 0 Å². The summed E-state index contributed by atoms with van der Waals surface area (Å²) < 4.78 is 0. The van der Waals surface area contributed by atoms with Gasteiger partial charge in [0.2, 0.25) is 0 Å². The fraction of sp³-hybridized carbons (Fsp3) is 0.643. The van der Waals surface area contributed by atoms with Crippen molar-refractivity contribution in [3.63, 3.8) is 0 Å². The average molecular weight is 253 g/mol. The zero-order valence-corrected chi connectivity index (χ0v) is 11.7. The molecule has 1 aliphatic rings. The molecule has 1 saturated heterocycles. The average Bonchev–Trinajstić information content (AvgIpc) is 2.69. The fourth-order valence-electron chi connectivity index (χ4n) is 2.44. The maximum Gasteiger partial charge on any atom is 0.129 e. The molecule has 3 heteroatoms. The number of hydrogen-bond acceptors (Lipinski definition) is 2. The van der Waals surface area contributed by atoms with Crippen LogP contribution in [0.1, 0.15) is 32.8 Å². The lowest BCUT2D eigenvalue weighted by Gasteiger charge is -2.27. The fourth-order valence-corrected chi connectivity index (χ4v) is 2.55. The molecule has 0 N–H and O–H groups in total. The number of likely N-dealkylation sites (tertiary alicyclic amines) is 1. The van der Waals surface area contributed by atoms with Gasteiger partial charge in [0.15, 0.2) is 0 Å². The first-order valence-corrected chi connectivity index (χ1v) is 6.66. The highest BCUT2D eigenvalue weighted by Gasteiger charge is 2.31. The molecule has 1 fully saturated rings. The molecule has 1 aromatic heterocycles. The van der Waals surface area contributed by atoms with Crippen LogP contribution in [0, 0.1) is 11.3 Å². The van der Waals surface area contributed by atoms with Crippen molar-refractivity contribution in [2.45, 2.75) is 33.7 Å². The van der Waals surface area contributed by atoms with Gasteiger partial charge >= 0.3 is 0 Å². The van der Waals surface area contributed by atoms with Crippen molar-refractivity contribution >= 4 is 11.6 Å². The van der Waals surface area contributed by atoms with E-state index in [4.69, 9.17) is 11.6 Å². The monoisotopic (exact) mass is 252 g/mol. The van der Waals surface area contributed by atoms with E-state index in [0.717, 1.165) is 12.5 Å². The first-order valence-electron chi connectivity index (χ1n) is 6.28. The van der Waals surface area contributed by atoms with Gasteiger partial charge in [0.25, 0.3) is 0 Å². The van der Waals surface area contributed by atoms with Crippen molar-refractivity contribution in [1.29, 1.82) is 0 Å². The van der Waals surface area contributed by atoms with E-state index in [9.17, 15) is 0 Å². The van der Waals surface area contributed by atoms with E-state index in [1.54, 1.807) is 0 Å². The number of halogens is 1. The Morgan fingerprint density at radius 3 is 2.71 bits per heavy atom. The van der Waals surface area contributed by atoms with Gasteiger partial charge in [-0.25, -0.2) is 4.98 Å². The molecule has 0 aliphatic carbocycles. The van der Waals surface area contributed by atoms with Crippen molar-refractivity contribution in [2.24, 2.45) is 11.3 Å². The van der Waals surface area contributed by atoms with Crippen LogP contribution in [0.3, 0.4) is 0 Å². The Morgan fingerprint density at radius 1 is 1.41 bits per heavy atom. The van der Waals surface area contributed by atoms with E-state index in [1.807, 2.05) is 12.3 Å². The van der Waals surface area contributed by atoms with Crippen LogP contribution >= 0.6 is 11.6 Å². The van der Waals surface area contributed by atoms with Crippen LogP contribution in [0.5, 0.6) is 0 Å². The number of pyridine rings is 1. The van der Waals surface area contributed by atoms with Crippen LogP contribution < -0.4 is 0 Å². The molecule has 2 heterocycles. The van der Waals surface area contributed by atoms with Crippen molar-refractivity contribution in [2.75, 3.05) is 13.1 Å².